The van der Waals surface area contributed by atoms with Crippen molar-refractivity contribution < 1.29 is 4.79 Å². The summed E-state index contributed by atoms with van der Waals surface area (Å²) in [7, 11) is 0. The Hall–Kier alpha value is -0.570. The van der Waals surface area contributed by atoms with Crippen molar-refractivity contribution in [1.29, 1.82) is 0 Å². The van der Waals surface area contributed by atoms with Gasteiger partial charge in [-0.15, -0.1) is 0 Å². The number of carbonyl (C=O) groups excluding carboxylic acids is 1. The van der Waals surface area contributed by atoms with Gasteiger partial charge >= 0.3 is 0 Å². The van der Waals surface area contributed by atoms with E-state index in [0.717, 1.165) is 38.5 Å². The fraction of sp³-hybridized carbons (Fsp3) is 0.923. The van der Waals surface area contributed by atoms with Crippen molar-refractivity contribution in [2.75, 3.05) is 32.7 Å². The van der Waals surface area contributed by atoms with Gasteiger partial charge in [-0.05, 0) is 44.6 Å². The van der Waals surface area contributed by atoms with Crippen LogP contribution in [0.15, 0.2) is 0 Å². The van der Waals surface area contributed by atoms with Crippen LogP contribution in [-0.4, -0.2) is 48.4 Å². The van der Waals surface area contributed by atoms with Gasteiger partial charge < -0.3 is 4.90 Å². The summed E-state index contributed by atoms with van der Waals surface area (Å²) in [4.78, 5) is 16.4. The van der Waals surface area contributed by atoms with E-state index in [4.69, 9.17) is 0 Å². The smallest absolute Gasteiger partial charge is 0.236 e. The molecule has 0 atom stereocenters. The number of amides is 1. The van der Waals surface area contributed by atoms with E-state index in [0.29, 0.717) is 12.5 Å². The number of hydrogen-bond acceptors (Lipinski definition) is 2. The summed E-state index contributed by atoms with van der Waals surface area (Å²) in [6, 6.07) is 0. The first-order valence-corrected chi connectivity index (χ1v) is 6.79. The number of nitrogens with zero attached hydrogens (tertiary/aromatic N) is 2. The molecule has 2 aliphatic rings. The molecule has 16 heavy (non-hydrogen) atoms. The van der Waals surface area contributed by atoms with Crippen molar-refractivity contribution in [3.8, 4) is 0 Å². The first kappa shape index (κ1) is 11.9. The molecule has 0 aromatic heterocycles. The highest BCUT2D eigenvalue weighted by molar-refractivity contribution is 5.78. The molecule has 2 rings (SSSR count). The third-order valence-corrected chi connectivity index (χ3v) is 3.57. The third-order valence-electron chi connectivity index (χ3n) is 3.57. The Bertz CT molecular complexity index is 232. The van der Waals surface area contributed by atoms with Gasteiger partial charge in [-0.2, -0.15) is 0 Å². The van der Waals surface area contributed by atoms with Crippen LogP contribution in [0.1, 0.15) is 39.0 Å². The maximum Gasteiger partial charge on any atom is 0.236 e. The molecular formula is C13H24N2O. The van der Waals surface area contributed by atoms with E-state index in [1.54, 1.807) is 0 Å². The van der Waals surface area contributed by atoms with E-state index in [1.165, 1.54) is 25.7 Å². The van der Waals surface area contributed by atoms with E-state index >= 15 is 0 Å². The summed E-state index contributed by atoms with van der Waals surface area (Å²) in [5.41, 5.74) is 0. The lowest BCUT2D eigenvalue weighted by molar-refractivity contribution is -0.131. The second-order valence-electron chi connectivity index (χ2n) is 5.27. The average Bonchev–Trinajstić information content (AvgIpc) is 2.91. The van der Waals surface area contributed by atoms with Crippen LogP contribution in [0.2, 0.25) is 0 Å². The molecule has 0 bridgehead atoms. The van der Waals surface area contributed by atoms with Crippen LogP contribution in [0, 0.1) is 5.92 Å². The van der Waals surface area contributed by atoms with Crippen LogP contribution in [-0.2, 0) is 4.79 Å². The summed E-state index contributed by atoms with van der Waals surface area (Å²) in [6.45, 7) is 7.05. The Labute approximate surface area is 98.8 Å². The molecule has 3 nitrogen and oxygen atoms in total. The number of hydrogen-bond donors (Lipinski definition) is 0. The van der Waals surface area contributed by atoms with Gasteiger partial charge in [-0.25, -0.2) is 0 Å². The first-order chi connectivity index (χ1) is 7.79. The summed E-state index contributed by atoms with van der Waals surface area (Å²) < 4.78 is 0. The standard InChI is InChI=1S/C13H24N2O/c1-2-7-14(10-12-5-6-12)11-13(16)15-8-3-4-9-15/h12H,2-11H2,1H3. The van der Waals surface area contributed by atoms with Crippen LogP contribution in [0.4, 0.5) is 0 Å². The highest BCUT2D eigenvalue weighted by atomic mass is 16.2. The van der Waals surface area contributed by atoms with E-state index < -0.39 is 0 Å². The van der Waals surface area contributed by atoms with Crippen molar-refractivity contribution in [3.05, 3.63) is 0 Å². The van der Waals surface area contributed by atoms with Crippen molar-refractivity contribution in [3.63, 3.8) is 0 Å². The molecule has 0 spiro atoms. The molecule has 1 saturated carbocycles. The zero-order valence-electron chi connectivity index (χ0n) is 10.5. The molecule has 0 N–H and O–H groups in total. The van der Waals surface area contributed by atoms with Crippen LogP contribution >= 0.6 is 0 Å². The molecule has 1 heterocycles. The Morgan fingerprint density at radius 3 is 2.56 bits per heavy atom. The van der Waals surface area contributed by atoms with Crippen LogP contribution in [0.3, 0.4) is 0 Å². The number of likely N-dealkylation sites (tertiary alicyclic amines) is 1. The van der Waals surface area contributed by atoms with E-state index in [2.05, 4.69) is 11.8 Å². The van der Waals surface area contributed by atoms with Crippen molar-refractivity contribution >= 4 is 5.91 Å². The maximum absolute atomic E-state index is 12.0. The summed E-state index contributed by atoms with van der Waals surface area (Å²) in [5, 5.41) is 0. The molecule has 2 fully saturated rings. The zero-order valence-corrected chi connectivity index (χ0v) is 10.5. The molecule has 0 aromatic rings. The summed E-state index contributed by atoms with van der Waals surface area (Å²) in [6.07, 6.45) is 6.29. The molecule has 0 radical (unpaired) electrons. The van der Waals surface area contributed by atoms with Crippen LogP contribution in [0.25, 0.3) is 0 Å². The Balaban J connectivity index is 1.75. The molecule has 3 heteroatoms. The van der Waals surface area contributed by atoms with Gasteiger partial charge in [0.15, 0.2) is 0 Å². The van der Waals surface area contributed by atoms with Gasteiger partial charge in [0.25, 0.3) is 0 Å². The third kappa shape index (κ3) is 3.48. The normalized spacial score (nSPS) is 20.8. The minimum Gasteiger partial charge on any atom is -0.342 e. The zero-order chi connectivity index (χ0) is 11.4. The lowest BCUT2D eigenvalue weighted by atomic mass is 10.3. The molecule has 1 aliphatic heterocycles. The Morgan fingerprint density at radius 1 is 1.31 bits per heavy atom. The highest BCUT2D eigenvalue weighted by Crippen LogP contribution is 2.29. The minimum atomic E-state index is 0.353. The molecule has 1 aliphatic carbocycles. The van der Waals surface area contributed by atoms with Gasteiger partial charge in [0.2, 0.25) is 5.91 Å². The lowest BCUT2D eigenvalue weighted by Crippen LogP contribution is -2.40. The van der Waals surface area contributed by atoms with Crippen LogP contribution in [0.5, 0.6) is 0 Å². The lowest BCUT2D eigenvalue weighted by Gasteiger charge is -2.24. The van der Waals surface area contributed by atoms with Crippen LogP contribution < -0.4 is 0 Å². The van der Waals surface area contributed by atoms with E-state index in [1.807, 2.05) is 4.90 Å². The van der Waals surface area contributed by atoms with E-state index in [-0.39, 0.29) is 0 Å². The Morgan fingerprint density at radius 2 is 2.00 bits per heavy atom. The van der Waals surface area contributed by atoms with E-state index in [9.17, 15) is 4.79 Å². The topological polar surface area (TPSA) is 23.6 Å². The SMILES string of the molecule is CCCN(CC(=O)N1CCCC1)CC1CC1. The van der Waals surface area contributed by atoms with Crippen molar-refractivity contribution in [1.82, 2.24) is 9.80 Å². The number of rotatable bonds is 6. The second-order valence-corrected chi connectivity index (χ2v) is 5.27. The summed E-state index contributed by atoms with van der Waals surface area (Å²) in [5.74, 6) is 1.24. The second kappa shape index (κ2) is 5.67. The van der Waals surface area contributed by atoms with Gasteiger partial charge in [0, 0.05) is 19.6 Å². The summed E-state index contributed by atoms with van der Waals surface area (Å²) >= 11 is 0. The fourth-order valence-corrected chi connectivity index (χ4v) is 2.47. The van der Waals surface area contributed by atoms with Gasteiger partial charge in [0.1, 0.15) is 0 Å². The van der Waals surface area contributed by atoms with Crippen molar-refractivity contribution in [2.24, 2.45) is 5.92 Å². The first-order valence-electron chi connectivity index (χ1n) is 6.79. The van der Waals surface area contributed by atoms with Gasteiger partial charge in [-0.3, -0.25) is 9.69 Å². The predicted molar refractivity (Wildman–Crippen MR) is 65.3 cm³/mol. The highest BCUT2D eigenvalue weighted by Gasteiger charge is 2.26. The molecule has 0 aromatic carbocycles. The maximum atomic E-state index is 12.0. The number of carbonyl (C=O) groups is 1. The fourth-order valence-electron chi connectivity index (χ4n) is 2.47. The molecule has 1 saturated heterocycles. The van der Waals surface area contributed by atoms with Gasteiger partial charge in [-0.1, -0.05) is 6.92 Å². The molecule has 0 unspecified atom stereocenters. The van der Waals surface area contributed by atoms with Crippen molar-refractivity contribution in [2.45, 2.75) is 39.0 Å². The molecular weight excluding hydrogens is 200 g/mol. The quantitative estimate of drug-likeness (QED) is 0.686. The molecule has 92 valence electrons. The average molecular weight is 224 g/mol. The monoisotopic (exact) mass is 224 g/mol. The minimum absolute atomic E-state index is 0.353. The predicted octanol–water partition coefficient (Wildman–Crippen LogP) is 1.73. The van der Waals surface area contributed by atoms with Gasteiger partial charge in [0.05, 0.1) is 6.54 Å². The largest absolute Gasteiger partial charge is 0.342 e. The Kier molecular flexibility index (Phi) is 4.22. The molecule has 1 amide bonds.